The Hall–Kier alpha value is -0.0400. The summed E-state index contributed by atoms with van der Waals surface area (Å²) in [6.07, 6.45) is 8.86. The molecule has 1 heteroatoms. The topological polar surface area (TPSA) is 3.24 Å². The highest BCUT2D eigenvalue weighted by Crippen LogP contribution is 2.25. The minimum atomic E-state index is 0. The van der Waals surface area contributed by atoms with Crippen LogP contribution in [0.5, 0.6) is 0 Å². The lowest BCUT2D eigenvalue weighted by Gasteiger charge is -2.39. The molecule has 0 bridgehead atoms. The summed E-state index contributed by atoms with van der Waals surface area (Å²) in [5, 5.41) is 0. The van der Waals surface area contributed by atoms with Crippen LogP contribution in [0.25, 0.3) is 0 Å². The summed E-state index contributed by atoms with van der Waals surface area (Å²) >= 11 is 0. The second-order valence-electron chi connectivity index (χ2n) is 3.68. The lowest BCUT2D eigenvalue weighted by Crippen LogP contribution is -2.42. The van der Waals surface area contributed by atoms with Crippen molar-refractivity contribution in [2.75, 3.05) is 13.1 Å². The molecule has 0 saturated carbocycles. The van der Waals surface area contributed by atoms with Crippen molar-refractivity contribution in [3.8, 4) is 0 Å². The van der Waals surface area contributed by atoms with E-state index in [0.717, 1.165) is 6.04 Å². The fraction of sp³-hybridized carbons (Fsp3) is 1.00. The maximum absolute atomic E-state index is 2.70. The van der Waals surface area contributed by atoms with Crippen LogP contribution in [0.4, 0.5) is 0 Å². The molecule has 66 valence electrons. The van der Waals surface area contributed by atoms with Crippen molar-refractivity contribution >= 4 is 0 Å². The average Bonchev–Trinajstić information content (AvgIpc) is 2.05. The Kier molecular flexibility index (Phi) is 3.38. The lowest BCUT2D eigenvalue weighted by atomic mass is 9.93. The van der Waals surface area contributed by atoms with E-state index in [2.05, 4.69) is 4.90 Å². The van der Waals surface area contributed by atoms with Gasteiger partial charge in [0.1, 0.15) is 0 Å². The predicted octanol–water partition coefficient (Wildman–Crippen LogP) is 2.66. The summed E-state index contributed by atoms with van der Waals surface area (Å²) in [7, 11) is 0. The molecule has 2 heterocycles. The van der Waals surface area contributed by atoms with Crippen LogP contribution in [0.15, 0.2) is 0 Å². The largest absolute Gasteiger partial charge is 0.300 e. The molecule has 0 amide bonds. The molecule has 0 unspecified atom stereocenters. The van der Waals surface area contributed by atoms with E-state index in [0.29, 0.717) is 0 Å². The number of fused-ring (bicyclic) bond motifs is 1. The third-order valence-corrected chi connectivity index (χ3v) is 2.98. The van der Waals surface area contributed by atoms with Crippen LogP contribution in [0.1, 0.15) is 46.0 Å². The lowest BCUT2D eigenvalue weighted by molar-refractivity contribution is 0.109. The van der Waals surface area contributed by atoms with Crippen molar-refractivity contribution in [3.63, 3.8) is 0 Å². The Morgan fingerprint density at radius 2 is 1.36 bits per heavy atom. The van der Waals surface area contributed by atoms with E-state index in [1.807, 2.05) is 0 Å². The van der Waals surface area contributed by atoms with Crippen molar-refractivity contribution in [2.45, 2.75) is 52.0 Å². The van der Waals surface area contributed by atoms with Crippen molar-refractivity contribution in [1.82, 2.24) is 4.90 Å². The Morgan fingerprint density at radius 3 is 1.82 bits per heavy atom. The second-order valence-corrected chi connectivity index (χ2v) is 3.68. The van der Waals surface area contributed by atoms with Crippen LogP contribution in [-0.2, 0) is 0 Å². The van der Waals surface area contributed by atoms with Gasteiger partial charge >= 0.3 is 0 Å². The van der Waals surface area contributed by atoms with Crippen LogP contribution in [0, 0.1) is 0 Å². The molecular weight excluding hydrogens is 134 g/mol. The van der Waals surface area contributed by atoms with Gasteiger partial charge in [-0.3, -0.25) is 0 Å². The average molecular weight is 155 g/mol. The van der Waals surface area contributed by atoms with Crippen molar-refractivity contribution in [2.24, 2.45) is 0 Å². The number of hydrogen-bond acceptors (Lipinski definition) is 1. The molecule has 1 nitrogen and oxygen atoms in total. The SMILES string of the molecule is C.C1CCN2CCCCC2C1. The zero-order chi connectivity index (χ0) is 6.81. The zero-order valence-corrected chi connectivity index (χ0v) is 6.68. The van der Waals surface area contributed by atoms with Crippen molar-refractivity contribution in [1.29, 1.82) is 0 Å². The van der Waals surface area contributed by atoms with Gasteiger partial charge in [0.15, 0.2) is 0 Å². The number of hydrogen-bond donors (Lipinski definition) is 0. The first-order chi connectivity index (χ1) is 4.97. The van der Waals surface area contributed by atoms with E-state index < -0.39 is 0 Å². The Morgan fingerprint density at radius 1 is 0.818 bits per heavy atom. The van der Waals surface area contributed by atoms with Crippen LogP contribution >= 0.6 is 0 Å². The first-order valence-electron chi connectivity index (χ1n) is 4.71. The highest BCUT2D eigenvalue weighted by molar-refractivity contribution is 4.80. The summed E-state index contributed by atoms with van der Waals surface area (Å²) in [6, 6.07) is 0.988. The number of nitrogens with zero attached hydrogens (tertiary/aromatic N) is 1. The first-order valence-corrected chi connectivity index (χ1v) is 4.71. The monoisotopic (exact) mass is 155 g/mol. The first kappa shape index (κ1) is 9.05. The summed E-state index contributed by atoms with van der Waals surface area (Å²) in [5.41, 5.74) is 0. The molecule has 2 fully saturated rings. The Balaban J connectivity index is 0.000000605. The molecule has 0 radical (unpaired) electrons. The Bertz CT molecular complexity index is 85.4. The minimum absolute atomic E-state index is 0. The molecule has 2 aliphatic rings. The van der Waals surface area contributed by atoms with Crippen LogP contribution < -0.4 is 0 Å². The minimum Gasteiger partial charge on any atom is -0.300 e. The summed E-state index contributed by atoms with van der Waals surface area (Å²) in [6.45, 7) is 2.79. The van der Waals surface area contributed by atoms with E-state index in [1.165, 1.54) is 51.6 Å². The number of rotatable bonds is 0. The van der Waals surface area contributed by atoms with Crippen LogP contribution in [0.3, 0.4) is 0 Å². The fourth-order valence-electron chi connectivity index (χ4n) is 2.38. The summed E-state index contributed by atoms with van der Waals surface area (Å²) in [4.78, 5) is 2.70. The molecular formula is C10H21N. The molecule has 0 aromatic rings. The molecule has 11 heavy (non-hydrogen) atoms. The maximum Gasteiger partial charge on any atom is 0.00952 e. The van der Waals surface area contributed by atoms with Gasteiger partial charge in [0.2, 0.25) is 0 Å². The third kappa shape index (κ3) is 1.96. The molecule has 0 aromatic carbocycles. The van der Waals surface area contributed by atoms with Gasteiger partial charge in [0, 0.05) is 6.04 Å². The van der Waals surface area contributed by atoms with E-state index in [-0.39, 0.29) is 7.43 Å². The quantitative estimate of drug-likeness (QED) is 0.520. The zero-order valence-electron chi connectivity index (χ0n) is 6.68. The van der Waals surface area contributed by atoms with E-state index in [1.54, 1.807) is 0 Å². The maximum atomic E-state index is 2.70. The molecule has 2 aliphatic heterocycles. The number of piperidine rings is 2. The highest BCUT2D eigenvalue weighted by Gasteiger charge is 2.24. The fourth-order valence-corrected chi connectivity index (χ4v) is 2.38. The Labute approximate surface area is 70.8 Å². The van der Waals surface area contributed by atoms with Gasteiger partial charge < -0.3 is 4.90 Å². The van der Waals surface area contributed by atoms with Crippen LogP contribution in [-0.4, -0.2) is 24.0 Å². The van der Waals surface area contributed by atoms with Crippen molar-refractivity contribution < 1.29 is 0 Å². The molecule has 0 aromatic heterocycles. The summed E-state index contributed by atoms with van der Waals surface area (Å²) < 4.78 is 0. The van der Waals surface area contributed by atoms with Gasteiger partial charge in [-0.1, -0.05) is 20.3 Å². The van der Waals surface area contributed by atoms with Gasteiger partial charge in [0.05, 0.1) is 0 Å². The molecule has 0 atom stereocenters. The molecule has 0 aliphatic carbocycles. The molecule has 2 rings (SSSR count). The standard InChI is InChI=1S/C9H17N.CH4/c1-3-7-10-8-4-2-6-9(10)5-1;/h9H,1-8H2;1H4. The summed E-state index contributed by atoms with van der Waals surface area (Å²) in [5.74, 6) is 0. The normalized spacial score (nSPS) is 27.3. The second kappa shape index (κ2) is 4.10. The van der Waals surface area contributed by atoms with Crippen molar-refractivity contribution in [3.05, 3.63) is 0 Å². The van der Waals surface area contributed by atoms with E-state index in [9.17, 15) is 0 Å². The molecule has 0 spiro atoms. The van der Waals surface area contributed by atoms with E-state index in [4.69, 9.17) is 0 Å². The van der Waals surface area contributed by atoms with Gasteiger partial charge in [0.25, 0.3) is 0 Å². The molecule has 0 N–H and O–H groups in total. The smallest absolute Gasteiger partial charge is 0.00952 e. The van der Waals surface area contributed by atoms with Gasteiger partial charge in [-0.15, -0.1) is 0 Å². The van der Waals surface area contributed by atoms with Gasteiger partial charge in [-0.05, 0) is 38.8 Å². The third-order valence-electron chi connectivity index (χ3n) is 2.98. The van der Waals surface area contributed by atoms with Gasteiger partial charge in [-0.25, -0.2) is 0 Å². The highest BCUT2D eigenvalue weighted by atomic mass is 15.2. The van der Waals surface area contributed by atoms with Gasteiger partial charge in [-0.2, -0.15) is 0 Å². The van der Waals surface area contributed by atoms with Crippen LogP contribution in [0.2, 0.25) is 0 Å². The predicted molar refractivity (Wildman–Crippen MR) is 49.8 cm³/mol. The molecule has 2 saturated heterocycles. The van der Waals surface area contributed by atoms with E-state index >= 15 is 0 Å².